The number of carboxylic acid groups (broad SMARTS) is 1. The van der Waals surface area contributed by atoms with Crippen LogP contribution in [0.4, 0.5) is 0 Å². The predicted molar refractivity (Wildman–Crippen MR) is 171 cm³/mol. The van der Waals surface area contributed by atoms with Gasteiger partial charge in [-0.05, 0) is 70.1 Å². The second-order valence-corrected chi connectivity index (χ2v) is 11.7. The largest absolute Gasteiger partial charge is 0.497 e. The molecule has 6 nitrogen and oxygen atoms in total. The summed E-state index contributed by atoms with van der Waals surface area (Å²) in [5, 5.41) is 11.6. The summed E-state index contributed by atoms with van der Waals surface area (Å²) in [6.07, 6.45) is 4.29. The fourth-order valence-electron chi connectivity index (χ4n) is 6.94. The molecule has 0 fully saturated rings. The fourth-order valence-corrected chi connectivity index (χ4v) is 6.94. The highest BCUT2D eigenvalue weighted by Crippen LogP contribution is 2.59. The summed E-state index contributed by atoms with van der Waals surface area (Å²) in [5.74, 6) is 1.73. The summed E-state index contributed by atoms with van der Waals surface area (Å²) in [5.41, 5.74) is 5.79. The first-order valence-corrected chi connectivity index (χ1v) is 14.5. The van der Waals surface area contributed by atoms with Crippen molar-refractivity contribution in [3.8, 4) is 34.1 Å². The maximum Gasteiger partial charge on any atom is 0.335 e. The topological polar surface area (TPSA) is 74.2 Å². The Morgan fingerprint density at radius 2 is 1.43 bits per heavy atom. The highest BCUT2D eigenvalue weighted by Gasteiger charge is 2.44. The number of aromatic carboxylic acids is 1. The molecule has 0 spiro atoms. The van der Waals surface area contributed by atoms with E-state index < -0.39 is 17.0 Å². The molecular weight excluding hydrogens is 552 g/mol. The van der Waals surface area contributed by atoms with E-state index in [9.17, 15) is 9.90 Å². The number of rotatable bonds is 6. The normalized spacial score (nSPS) is 17.3. The van der Waals surface area contributed by atoms with Crippen molar-refractivity contribution in [3.05, 3.63) is 124 Å². The summed E-state index contributed by atoms with van der Waals surface area (Å²) in [6.45, 7) is 4.29. The van der Waals surface area contributed by atoms with E-state index in [4.69, 9.17) is 18.9 Å². The molecule has 1 aliphatic heterocycles. The Hall–Kier alpha value is -5.23. The zero-order valence-corrected chi connectivity index (χ0v) is 25.2. The molecule has 0 bridgehead atoms. The van der Waals surface area contributed by atoms with Crippen molar-refractivity contribution < 1.29 is 28.8 Å². The van der Waals surface area contributed by atoms with Crippen LogP contribution < -0.4 is 18.9 Å². The predicted octanol–water partition coefficient (Wildman–Crippen LogP) is 8.22. The number of hydrogen-bond donors (Lipinski definition) is 1. The van der Waals surface area contributed by atoms with Crippen molar-refractivity contribution in [2.75, 3.05) is 21.3 Å². The molecule has 0 radical (unpaired) electrons. The minimum Gasteiger partial charge on any atom is -0.497 e. The molecular formula is C38H32O6. The molecule has 0 saturated carbocycles. The molecule has 1 aliphatic carbocycles. The van der Waals surface area contributed by atoms with Gasteiger partial charge >= 0.3 is 5.97 Å². The number of carbonyl (C=O) groups is 1. The summed E-state index contributed by atoms with van der Waals surface area (Å²) < 4.78 is 24.3. The zero-order valence-electron chi connectivity index (χ0n) is 25.2. The van der Waals surface area contributed by atoms with Crippen LogP contribution in [0.5, 0.6) is 23.0 Å². The molecule has 44 heavy (non-hydrogen) atoms. The minimum absolute atomic E-state index is 0.261. The van der Waals surface area contributed by atoms with Crippen molar-refractivity contribution >= 4 is 22.8 Å². The molecule has 1 unspecified atom stereocenters. The second kappa shape index (κ2) is 9.91. The van der Waals surface area contributed by atoms with E-state index in [0.29, 0.717) is 11.5 Å². The lowest BCUT2D eigenvalue weighted by atomic mass is 9.76. The number of carboxylic acids is 1. The smallest absolute Gasteiger partial charge is 0.335 e. The van der Waals surface area contributed by atoms with Gasteiger partial charge in [0.05, 0.1) is 26.9 Å². The Morgan fingerprint density at radius 1 is 0.773 bits per heavy atom. The van der Waals surface area contributed by atoms with Crippen molar-refractivity contribution in [3.63, 3.8) is 0 Å². The SMILES string of the molecule is COc1ccc(C2(c3ccccc3)C=Cc3c4c(c5cc(OC)c(OC)cc5c3O2)-c2ccc(C(=O)O)cc2C4(C)C)cc1. The maximum absolute atomic E-state index is 12.0. The number of ether oxygens (including phenoxy) is 4. The lowest BCUT2D eigenvalue weighted by molar-refractivity contribution is 0.0696. The Kier molecular flexibility index (Phi) is 6.22. The monoisotopic (exact) mass is 584 g/mol. The van der Waals surface area contributed by atoms with Crippen molar-refractivity contribution in [2.45, 2.75) is 24.9 Å². The average molecular weight is 585 g/mol. The van der Waals surface area contributed by atoms with Crippen LogP contribution in [0.1, 0.15) is 52.0 Å². The van der Waals surface area contributed by atoms with Gasteiger partial charge in [-0.2, -0.15) is 0 Å². The van der Waals surface area contributed by atoms with Gasteiger partial charge < -0.3 is 24.1 Å². The van der Waals surface area contributed by atoms with Gasteiger partial charge in [0.15, 0.2) is 17.1 Å². The van der Waals surface area contributed by atoms with E-state index in [-0.39, 0.29) is 5.56 Å². The van der Waals surface area contributed by atoms with Crippen LogP contribution in [-0.2, 0) is 11.0 Å². The fraction of sp³-hybridized carbons (Fsp3) is 0.184. The standard InChI is InChI=1S/C38H32O6/c1-37(2)30-19-22(36(39)40)11-16-26(30)33-28-20-31(42-4)32(43-5)21-29(28)35-27(34(33)37)17-18-38(44-35,23-9-7-6-8-10-23)24-12-14-25(41-3)15-13-24/h6-21H,1-5H3,(H,39,40). The van der Waals surface area contributed by atoms with Gasteiger partial charge in [-0.1, -0.05) is 68.5 Å². The van der Waals surface area contributed by atoms with Crippen LogP contribution in [0.2, 0.25) is 0 Å². The number of fused-ring (bicyclic) bond motifs is 8. The van der Waals surface area contributed by atoms with Crippen LogP contribution in [0.15, 0.2) is 91.0 Å². The molecule has 6 heteroatoms. The average Bonchev–Trinajstić information content (AvgIpc) is 3.30. The highest BCUT2D eigenvalue weighted by atomic mass is 16.5. The molecule has 220 valence electrons. The zero-order chi connectivity index (χ0) is 30.8. The molecule has 2 aliphatic rings. The third-order valence-corrected chi connectivity index (χ3v) is 9.11. The molecule has 7 rings (SSSR count). The van der Waals surface area contributed by atoms with E-state index in [0.717, 1.165) is 61.2 Å². The summed E-state index contributed by atoms with van der Waals surface area (Å²) in [4.78, 5) is 12.0. The van der Waals surface area contributed by atoms with Gasteiger partial charge in [-0.3, -0.25) is 0 Å². The van der Waals surface area contributed by atoms with Gasteiger partial charge in [0, 0.05) is 27.5 Å². The van der Waals surface area contributed by atoms with Crippen LogP contribution in [-0.4, -0.2) is 32.4 Å². The molecule has 0 saturated heterocycles. The van der Waals surface area contributed by atoms with Crippen molar-refractivity contribution in [2.24, 2.45) is 0 Å². The first-order chi connectivity index (χ1) is 21.2. The van der Waals surface area contributed by atoms with E-state index in [1.165, 1.54) is 0 Å². The molecule has 1 atom stereocenters. The Bertz CT molecular complexity index is 1990. The molecule has 1 heterocycles. The van der Waals surface area contributed by atoms with Crippen LogP contribution >= 0.6 is 0 Å². The molecule has 0 amide bonds. The molecule has 5 aromatic carbocycles. The van der Waals surface area contributed by atoms with Gasteiger partial charge in [-0.15, -0.1) is 0 Å². The summed E-state index contributed by atoms with van der Waals surface area (Å²) in [6, 6.07) is 27.5. The first kappa shape index (κ1) is 27.6. The van der Waals surface area contributed by atoms with E-state index >= 15 is 0 Å². The maximum atomic E-state index is 12.0. The Labute approximate surface area is 256 Å². The van der Waals surface area contributed by atoms with Crippen molar-refractivity contribution in [1.82, 2.24) is 0 Å². The third kappa shape index (κ3) is 3.83. The lowest BCUT2D eigenvalue weighted by Gasteiger charge is -2.38. The number of benzene rings is 5. The van der Waals surface area contributed by atoms with Gasteiger partial charge in [-0.25, -0.2) is 4.79 Å². The highest BCUT2D eigenvalue weighted by molar-refractivity contribution is 6.10. The van der Waals surface area contributed by atoms with Crippen LogP contribution in [0.25, 0.3) is 28.0 Å². The first-order valence-electron chi connectivity index (χ1n) is 14.5. The second-order valence-electron chi connectivity index (χ2n) is 11.7. The Morgan fingerprint density at radius 3 is 2.07 bits per heavy atom. The minimum atomic E-state index is -0.951. The van der Waals surface area contributed by atoms with E-state index in [1.54, 1.807) is 33.5 Å². The lowest BCUT2D eigenvalue weighted by Crippen LogP contribution is -2.35. The van der Waals surface area contributed by atoms with Crippen molar-refractivity contribution in [1.29, 1.82) is 0 Å². The van der Waals surface area contributed by atoms with Gasteiger partial charge in [0.2, 0.25) is 0 Å². The van der Waals surface area contributed by atoms with Gasteiger partial charge in [0.1, 0.15) is 11.5 Å². The summed E-state index contributed by atoms with van der Waals surface area (Å²) in [7, 11) is 4.91. The molecule has 0 aromatic heterocycles. The van der Waals surface area contributed by atoms with E-state index in [1.807, 2.05) is 60.7 Å². The van der Waals surface area contributed by atoms with Gasteiger partial charge in [0.25, 0.3) is 0 Å². The van der Waals surface area contributed by atoms with Crippen LogP contribution in [0.3, 0.4) is 0 Å². The van der Waals surface area contributed by atoms with Crippen LogP contribution in [0, 0.1) is 0 Å². The quantitative estimate of drug-likeness (QED) is 0.217. The third-order valence-electron chi connectivity index (χ3n) is 9.11. The molecule has 1 N–H and O–H groups in total. The van der Waals surface area contributed by atoms with E-state index in [2.05, 4.69) is 38.1 Å². The summed E-state index contributed by atoms with van der Waals surface area (Å²) >= 11 is 0. The number of methoxy groups -OCH3 is 3. The number of hydrogen-bond acceptors (Lipinski definition) is 5. The Balaban J connectivity index is 1.58. The molecule has 5 aromatic rings.